The molecular formula is C16H21N7O3S. The van der Waals surface area contributed by atoms with E-state index in [1.807, 2.05) is 4.57 Å². The van der Waals surface area contributed by atoms with E-state index in [9.17, 15) is 13.2 Å². The van der Waals surface area contributed by atoms with Crippen LogP contribution in [0.4, 0.5) is 0 Å². The van der Waals surface area contributed by atoms with Crippen molar-refractivity contribution in [3.63, 3.8) is 0 Å². The Morgan fingerprint density at radius 3 is 2.74 bits per heavy atom. The lowest BCUT2D eigenvalue weighted by Crippen LogP contribution is -2.41. The highest BCUT2D eigenvalue weighted by atomic mass is 32.2. The number of amides is 1. The Morgan fingerprint density at radius 1 is 1.15 bits per heavy atom. The van der Waals surface area contributed by atoms with E-state index in [0.717, 1.165) is 19.3 Å². The molecule has 0 aliphatic carbocycles. The Morgan fingerprint density at radius 2 is 2.00 bits per heavy atom. The van der Waals surface area contributed by atoms with Crippen LogP contribution in [0.2, 0.25) is 0 Å². The fraction of sp³-hybridized carbons (Fsp3) is 0.562. The largest absolute Gasteiger partial charge is 0.329 e. The van der Waals surface area contributed by atoms with Gasteiger partial charge in [-0.15, -0.1) is 10.2 Å². The molecule has 2 aliphatic rings. The van der Waals surface area contributed by atoms with Crippen LogP contribution in [0.5, 0.6) is 0 Å². The highest BCUT2D eigenvalue weighted by Crippen LogP contribution is 2.33. The molecule has 0 bridgehead atoms. The minimum Gasteiger partial charge on any atom is -0.329 e. The van der Waals surface area contributed by atoms with Crippen LogP contribution in [0.15, 0.2) is 18.5 Å². The van der Waals surface area contributed by atoms with E-state index in [1.54, 1.807) is 11.0 Å². The summed E-state index contributed by atoms with van der Waals surface area (Å²) >= 11 is 0. The van der Waals surface area contributed by atoms with Crippen LogP contribution in [0, 0.1) is 0 Å². The number of fused-ring (bicyclic) bond motifs is 1. The topological polar surface area (TPSA) is 114 Å². The number of rotatable bonds is 3. The highest BCUT2D eigenvalue weighted by Gasteiger charge is 2.36. The second kappa shape index (κ2) is 6.97. The molecule has 2 aliphatic heterocycles. The van der Waals surface area contributed by atoms with Gasteiger partial charge < -0.3 is 9.47 Å². The highest BCUT2D eigenvalue weighted by molar-refractivity contribution is 7.88. The minimum absolute atomic E-state index is 0.129. The Labute approximate surface area is 157 Å². The van der Waals surface area contributed by atoms with Gasteiger partial charge in [-0.25, -0.2) is 8.42 Å². The zero-order valence-electron chi connectivity index (χ0n) is 15.0. The molecule has 2 aromatic rings. The number of nitrogens with zero attached hydrogens (tertiary/aromatic N) is 7. The van der Waals surface area contributed by atoms with E-state index in [1.165, 1.54) is 23.0 Å². The van der Waals surface area contributed by atoms with Crippen molar-refractivity contribution in [2.45, 2.75) is 38.4 Å². The maximum atomic E-state index is 12.6. The van der Waals surface area contributed by atoms with Crippen LogP contribution in [-0.2, 0) is 23.1 Å². The Kier molecular flexibility index (Phi) is 4.64. The first kappa shape index (κ1) is 18.0. The van der Waals surface area contributed by atoms with Crippen molar-refractivity contribution >= 4 is 15.9 Å². The molecule has 27 heavy (non-hydrogen) atoms. The average molecular weight is 391 g/mol. The van der Waals surface area contributed by atoms with Gasteiger partial charge in [0.25, 0.3) is 5.91 Å². The second-order valence-electron chi connectivity index (χ2n) is 6.87. The number of aromatic nitrogens is 5. The number of hydrogen-bond donors (Lipinski definition) is 0. The van der Waals surface area contributed by atoms with Crippen molar-refractivity contribution in [1.29, 1.82) is 0 Å². The van der Waals surface area contributed by atoms with Crippen molar-refractivity contribution in [2.75, 3.05) is 19.3 Å². The third kappa shape index (κ3) is 3.44. The summed E-state index contributed by atoms with van der Waals surface area (Å²) in [6, 6.07) is 1.34. The lowest BCUT2D eigenvalue weighted by atomic mass is 10.0. The smallest absolute Gasteiger partial charge is 0.256 e. The number of hydrogen-bond acceptors (Lipinski definition) is 7. The van der Waals surface area contributed by atoms with Crippen LogP contribution >= 0.6 is 0 Å². The summed E-state index contributed by atoms with van der Waals surface area (Å²) in [6.07, 6.45) is 6.71. The lowest BCUT2D eigenvalue weighted by molar-refractivity contribution is 0.0704. The summed E-state index contributed by atoms with van der Waals surface area (Å²) < 4.78 is 27.8. The van der Waals surface area contributed by atoms with Gasteiger partial charge >= 0.3 is 0 Å². The first-order valence-corrected chi connectivity index (χ1v) is 10.7. The molecule has 0 radical (unpaired) electrons. The number of sulfonamides is 1. The van der Waals surface area contributed by atoms with Crippen LogP contribution in [0.3, 0.4) is 0 Å². The van der Waals surface area contributed by atoms with Crippen molar-refractivity contribution in [3.05, 3.63) is 35.7 Å². The van der Waals surface area contributed by atoms with Gasteiger partial charge in [0, 0.05) is 19.6 Å². The first-order valence-electron chi connectivity index (χ1n) is 8.90. The fourth-order valence-corrected chi connectivity index (χ4v) is 4.88. The maximum Gasteiger partial charge on any atom is 0.256 e. The summed E-state index contributed by atoms with van der Waals surface area (Å²) in [5.74, 6) is 1.22. The monoisotopic (exact) mass is 391 g/mol. The Balaban J connectivity index is 1.58. The first-order chi connectivity index (χ1) is 12.9. The van der Waals surface area contributed by atoms with Gasteiger partial charge in [-0.05, 0) is 18.9 Å². The van der Waals surface area contributed by atoms with Crippen LogP contribution in [0.25, 0.3) is 0 Å². The second-order valence-corrected chi connectivity index (χ2v) is 8.80. The van der Waals surface area contributed by atoms with E-state index in [2.05, 4.69) is 20.4 Å². The SMILES string of the molecule is CS(=O)(=O)N1CCCCC1c1nnc2n1CCN(C(=O)c1ccnnc1)C2. The molecule has 4 rings (SSSR count). The van der Waals surface area contributed by atoms with Crippen LogP contribution in [-0.4, -0.2) is 67.8 Å². The maximum absolute atomic E-state index is 12.6. The normalized spacial score (nSPS) is 21.1. The van der Waals surface area contributed by atoms with E-state index >= 15 is 0 Å². The number of carbonyl (C=O) groups is 1. The minimum atomic E-state index is -3.31. The summed E-state index contributed by atoms with van der Waals surface area (Å²) in [7, 11) is -3.31. The Bertz CT molecular complexity index is 944. The molecule has 1 amide bonds. The van der Waals surface area contributed by atoms with Gasteiger partial charge in [-0.2, -0.15) is 14.5 Å². The van der Waals surface area contributed by atoms with Gasteiger partial charge in [0.2, 0.25) is 10.0 Å². The lowest BCUT2D eigenvalue weighted by Gasteiger charge is -2.34. The third-order valence-electron chi connectivity index (χ3n) is 5.08. The number of carbonyl (C=O) groups excluding carboxylic acids is 1. The van der Waals surface area contributed by atoms with E-state index < -0.39 is 10.0 Å². The van der Waals surface area contributed by atoms with Gasteiger partial charge in [0.1, 0.15) is 0 Å². The van der Waals surface area contributed by atoms with Gasteiger partial charge in [-0.1, -0.05) is 6.42 Å². The van der Waals surface area contributed by atoms with Crippen molar-refractivity contribution < 1.29 is 13.2 Å². The summed E-state index contributed by atoms with van der Waals surface area (Å²) in [5, 5.41) is 16.0. The molecule has 0 N–H and O–H groups in total. The molecule has 1 fully saturated rings. The average Bonchev–Trinajstić information content (AvgIpc) is 3.10. The van der Waals surface area contributed by atoms with E-state index in [-0.39, 0.29) is 11.9 Å². The zero-order chi connectivity index (χ0) is 19.0. The summed E-state index contributed by atoms with van der Waals surface area (Å²) in [5.41, 5.74) is 0.480. The van der Waals surface area contributed by atoms with Crippen LogP contribution in [0.1, 0.15) is 47.3 Å². The molecule has 11 heteroatoms. The van der Waals surface area contributed by atoms with Crippen molar-refractivity contribution in [3.8, 4) is 0 Å². The molecule has 0 spiro atoms. The van der Waals surface area contributed by atoms with Crippen molar-refractivity contribution in [1.82, 2.24) is 34.2 Å². The predicted octanol–water partition coefficient (Wildman–Crippen LogP) is 0.211. The van der Waals surface area contributed by atoms with Gasteiger partial charge in [-0.3, -0.25) is 4.79 Å². The molecule has 4 heterocycles. The molecule has 0 saturated carbocycles. The summed E-state index contributed by atoms with van der Waals surface area (Å²) in [6.45, 7) is 1.88. The van der Waals surface area contributed by atoms with Crippen molar-refractivity contribution in [2.24, 2.45) is 0 Å². The third-order valence-corrected chi connectivity index (χ3v) is 6.37. The molecule has 1 unspecified atom stereocenters. The predicted molar refractivity (Wildman–Crippen MR) is 94.9 cm³/mol. The summed E-state index contributed by atoms with van der Waals surface area (Å²) in [4.78, 5) is 14.3. The van der Waals surface area contributed by atoms with E-state index in [0.29, 0.717) is 43.4 Å². The molecule has 1 saturated heterocycles. The molecule has 1 atom stereocenters. The van der Waals surface area contributed by atoms with Gasteiger partial charge in [0.15, 0.2) is 11.6 Å². The van der Waals surface area contributed by atoms with Gasteiger partial charge in [0.05, 0.1) is 36.8 Å². The number of piperidine rings is 1. The zero-order valence-corrected chi connectivity index (χ0v) is 15.8. The standard InChI is InChI=1S/C16H21N7O3S/c1-27(25,26)23-7-3-2-4-13(23)15-20-19-14-11-21(8-9-22(14)15)16(24)12-5-6-17-18-10-12/h5-6,10,13H,2-4,7-9,11H2,1H3. The molecule has 144 valence electrons. The quantitative estimate of drug-likeness (QED) is 0.735. The molecule has 2 aromatic heterocycles. The molecule has 10 nitrogen and oxygen atoms in total. The molecule has 0 aromatic carbocycles. The molecular weight excluding hydrogens is 370 g/mol. The fourth-order valence-electron chi connectivity index (χ4n) is 3.76. The Hall–Kier alpha value is -2.40. The van der Waals surface area contributed by atoms with Crippen LogP contribution < -0.4 is 0 Å². The van der Waals surface area contributed by atoms with E-state index in [4.69, 9.17) is 0 Å².